The standard InChI is InChI=1S/C13H27NO2/c1-11(2)14(9-10-16-3)12-7-5-4-6-8-13(12)15/h11-13,15H,4-10H2,1-3H3. The summed E-state index contributed by atoms with van der Waals surface area (Å²) in [6.07, 6.45) is 5.63. The molecule has 16 heavy (non-hydrogen) atoms. The third-order valence-corrected chi connectivity index (χ3v) is 3.59. The molecule has 0 saturated heterocycles. The number of methoxy groups -OCH3 is 1. The van der Waals surface area contributed by atoms with Gasteiger partial charge in [0.25, 0.3) is 0 Å². The van der Waals surface area contributed by atoms with Gasteiger partial charge in [-0.2, -0.15) is 0 Å². The molecule has 1 aliphatic rings. The highest BCUT2D eigenvalue weighted by Crippen LogP contribution is 2.23. The Balaban J connectivity index is 2.58. The Bertz CT molecular complexity index is 185. The summed E-state index contributed by atoms with van der Waals surface area (Å²) in [7, 11) is 1.74. The lowest BCUT2D eigenvalue weighted by Crippen LogP contribution is -2.48. The SMILES string of the molecule is COCCN(C(C)C)C1CCCCCC1O. The number of aliphatic hydroxyl groups is 1. The molecular formula is C13H27NO2. The van der Waals surface area contributed by atoms with E-state index in [4.69, 9.17) is 4.74 Å². The molecule has 2 atom stereocenters. The first-order valence-corrected chi connectivity index (χ1v) is 6.59. The normalized spacial score (nSPS) is 27.4. The Labute approximate surface area is 99.8 Å². The van der Waals surface area contributed by atoms with Crippen LogP contribution in [0.2, 0.25) is 0 Å². The van der Waals surface area contributed by atoms with Gasteiger partial charge < -0.3 is 9.84 Å². The third kappa shape index (κ3) is 4.04. The van der Waals surface area contributed by atoms with E-state index in [9.17, 15) is 5.11 Å². The van der Waals surface area contributed by atoms with Crippen LogP contribution in [0.15, 0.2) is 0 Å². The van der Waals surface area contributed by atoms with Crippen LogP contribution in [-0.2, 0) is 4.74 Å². The second-order valence-electron chi connectivity index (χ2n) is 5.10. The highest BCUT2D eigenvalue weighted by Gasteiger charge is 2.28. The Hall–Kier alpha value is -0.120. The molecule has 96 valence electrons. The maximum absolute atomic E-state index is 10.2. The molecule has 0 aromatic rings. The van der Waals surface area contributed by atoms with E-state index in [0.717, 1.165) is 26.0 Å². The summed E-state index contributed by atoms with van der Waals surface area (Å²) in [4.78, 5) is 2.40. The summed E-state index contributed by atoms with van der Waals surface area (Å²) in [5, 5.41) is 10.2. The van der Waals surface area contributed by atoms with Gasteiger partial charge in [0.15, 0.2) is 0 Å². The van der Waals surface area contributed by atoms with Crippen molar-refractivity contribution in [2.45, 2.75) is 64.1 Å². The molecule has 1 saturated carbocycles. The number of nitrogens with zero attached hydrogens (tertiary/aromatic N) is 1. The van der Waals surface area contributed by atoms with E-state index in [2.05, 4.69) is 18.7 Å². The lowest BCUT2D eigenvalue weighted by atomic mass is 10.0. The first-order valence-electron chi connectivity index (χ1n) is 6.59. The average molecular weight is 229 g/mol. The number of ether oxygens (including phenoxy) is 1. The van der Waals surface area contributed by atoms with Gasteiger partial charge in [-0.25, -0.2) is 0 Å². The zero-order valence-corrected chi connectivity index (χ0v) is 11.0. The molecule has 0 aromatic carbocycles. The number of rotatable bonds is 5. The van der Waals surface area contributed by atoms with Crippen LogP contribution < -0.4 is 0 Å². The number of aliphatic hydroxyl groups excluding tert-OH is 1. The highest BCUT2D eigenvalue weighted by atomic mass is 16.5. The van der Waals surface area contributed by atoms with Crippen molar-refractivity contribution in [3.05, 3.63) is 0 Å². The van der Waals surface area contributed by atoms with Crippen LogP contribution in [-0.4, -0.2) is 48.5 Å². The summed E-state index contributed by atoms with van der Waals surface area (Å²) in [5.74, 6) is 0. The van der Waals surface area contributed by atoms with Crippen molar-refractivity contribution in [2.24, 2.45) is 0 Å². The van der Waals surface area contributed by atoms with Gasteiger partial charge in [-0.3, -0.25) is 4.90 Å². The Kier molecular flexibility index (Phi) is 6.32. The summed E-state index contributed by atoms with van der Waals surface area (Å²) in [5.41, 5.74) is 0. The molecule has 2 unspecified atom stereocenters. The van der Waals surface area contributed by atoms with E-state index in [1.165, 1.54) is 19.3 Å². The van der Waals surface area contributed by atoms with E-state index in [1.54, 1.807) is 7.11 Å². The van der Waals surface area contributed by atoms with Gasteiger partial charge in [-0.05, 0) is 26.7 Å². The smallest absolute Gasteiger partial charge is 0.0695 e. The molecule has 1 N–H and O–H groups in total. The first kappa shape index (κ1) is 13.9. The predicted molar refractivity (Wildman–Crippen MR) is 66.6 cm³/mol. The topological polar surface area (TPSA) is 32.7 Å². The maximum atomic E-state index is 10.2. The maximum Gasteiger partial charge on any atom is 0.0695 e. The third-order valence-electron chi connectivity index (χ3n) is 3.59. The molecule has 0 radical (unpaired) electrons. The van der Waals surface area contributed by atoms with Crippen molar-refractivity contribution in [3.63, 3.8) is 0 Å². The lowest BCUT2D eigenvalue weighted by molar-refractivity contribution is 0.0134. The fraction of sp³-hybridized carbons (Fsp3) is 1.00. The molecule has 0 aromatic heterocycles. The average Bonchev–Trinajstić information content (AvgIpc) is 2.44. The molecule has 3 nitrogen and oxygen atoms in total. The van der Waals surface area contributed by atoms with Gasteiger partial charge in [-0.15, -0.1) is 0 Å². The summed E-state index contributed by atoms with van der Waals surface area (Å²) < 4.78 is 5.16. The van der Waals surface area contributed by atoms with Crippen LogP contribution >= 0.6 is 0 Å². The van der Waals surface area contributed by atoms with Crippen molar-refractivity contribution >= 4 is 0 Å². The summed E-state index contributed by atoms with van der Waals surface area (Å²) in [6, 6.07) is 0.811. The van der Waals surface area contributed by atoms with Gasteiger partial charge in [0.1, 0.15) is 0 Å². The second-order valence-corrected chi connectivity index (χ2v) is 5.10. The molecular weight excluding hydrogens is 202 g/mol. The Morgan fingerprint density at radius 2 is 1.94 bits per heavy atom. The van der Waals surface area contributed by atoms with Crippen LogP contribution in [0.3, 0.4) is 0 Å². The first-order chi connectivity index (χ1) is 7.66. The van der Waals surface area contributed by atoms with E-state index in [1.807, 2.05) is 0 Å². The Morgan fingerprint density at radius 3 is 2.56 bits per heavy atom. The second kappa shape index (κ2) is 7.25. The van der Waals surface area contributed by atoms with Gasteiger partial charge in [-0.1, -0.05) is 19.3 Å². The molecule has 0 heterocycles. The fourth-order valence-corrected chi connectivity index (χ4v) is 2.66. The molecule has 3 heteroatoms. The molecule has 0 amide bonds. The highest BCUT2D eigenvalue weighted by molar-refractivity contribution is 4.83. The molecule has 0 spiro atoms. The zero-order valence-electron chi connectivity index (χ0n) is 11.0. The summed E-state index contributed by atoms with van der Waals surface area (Å²) in [6.45, 7) is 6.08. The zero-order chi connectivity index (χ0) is 12.0. The molecule has 0 bridgehead atoms. The molecule has 1 aliphatic carbocycles. The minimum Gasteiger partial charge on any atom is -0.391 e. The van der Waals surface area contributed by atoms with Crippen molar-refractivity contribution in [1.82, 2.24) is 4.90 Å². The van der Waals surface area contributed by atoms with E-state index >= 15 is 0 Å². The quantitative estimate of drug-likeness (QED) is 0.732. The van der Waals surface area contributed by atoms with E-state index in [-0.39, 0.29) is 6.10 Å². The summed E-state index contributed by atoms with van der Waals surface area (Å²) >= 11 is 0. The van der Waals surface area contributed by atoms with Crippen molar-refractivity contribution in [2.75, 3.05) is 20.3 Å². The molecule has 1 rings (SSSR count). The van der Waals surface area contributed by atoms with Gasteiger partial charge >= 0.3 is 0 Å². The monoisotopic (exact) mass is 229 g/mol. The van der Waals surface area contributed by atoms with Crippen LogP contribution in [0.1, 0.15) is 46.0 Å². The molecule has 1 fully saturated rings. The van der Waals surface area contributed by atoms with Crippen LogP contribution in [0, 0.1) is 0 Å². The largest absolute Gasteiger partial charge is 0.391 e. The molecule has 0 aliphatic heterocycles. The van der Waals surface area contributed by atoms with E-state index < -0.39 is 0 Å². The van der Waals surface area contributed by atoms with Crippen molar-refractivity contribution < 1.29 is 9.84 Å². The van der Waals surface area contributed by atoms with Gasteiger partial charge in [0.05, 0.1) is 12.7 Å². The predicted octanol–water partition coefficient (Wildman–Crippen LogP) is 2.04. The fourth-order valence-electron chi connectivity index (χ4n) is 2.66. The van der Waals surface area contributed by atoms with Gasteiger partial charge in [0, 0.05) is 25.7 Å². The van der Waals surface area contributed by atoms with Crippen molar-refractivity contribution in [1.29, 1.82) is 0 Å². The lowest BCUT2D eigenvalue weighted by Gasteiger charge is -2.36. The number of hydrogen-bond donors (Lipinski definition) is 1. The minimum atomic E-state index is -0.151. The number of hydrogen-bond acceptors (Lipinski definition) is 3. The van der Waals surface area contributed by atoms with Crippen LogP contribution in [0.4, 0.5) is 0 Å². The van der Waals surface area contributed by atoms with Crippen LogP contribution in [0.25, 0.3) is 0 Å². The Morgan fingerprint density at radius 1 is 1.25 bits per heavy atom. The van der Waals surface area contributed by atoms with E-state index in [0.29, 0.717) is 12.1 Å². The van der Waals surface area contributed by atoms with Gasteiger partial charge in [0.2, 0.25) is 0 Å². The van der Waals surface area contributed by atoms with Crippen LogP contribution in [0.5, 0.6) is 0 Å². The minimum absolute atomic E-state index is 0.151. The van der Waals surface area contributed by atoms with Crippen molar-refractivity contribution in [3.8, 4) is 0 Å².